The Morgan fingerprint density at radius 3 is 2.36 bits per heavy atom. The van der Waals surface area contributed by atoms with E-state index in [9.17, 15) is 0 Å². The van der Waals surface area contributed by atoms with Gasteiger partial charge >= 0.3 is 0 Å². The van der Waals surface area contributed by atoms with Crippen molar-refractivity contribution in [3.8, 4) is 0 Å². The molecular formula is C12H24N2. The molecule has 0 amide bonds. The van der Waals surface area contributed by atoms with Crippen LogP contribution in [-0.2, 0) is 0 Å². The summed E-state index contributed by atoms with van der Waals surface area (Å²) in [6.07, 6.45) is 8.58. The SMILES string of the molecule is CN1CC(N)CC(C2CCCCC2)C1. The number of likely N-dealkylation sites (tertiary alicyclic amines) is 1. The zero-order valence-electron chi connectivity index (χ0n) is 9.41. The van der Waals surface area contributed by atoms with Gasteiger partial charge in [0.15, 0.2) is 0 Å². The molecule has 2 fully saturated rings. The molecule has 2 rings (SSSR count). The van der Waals surface area contributed by atoms with Crippen LogP contribution in [0.15, 0.2) is 0 Å². The Labute approximate surface area is 87.8 Å². The van der Waals surface area contributed by atoms with Crippen molar-refractivity contribution in [1.29, 1.82) is 0 Å². The van der Waals surface area contributed by atoms with E-state index in [2.05, 4.69) is 11.9 Å². The molecule has 2 aliphatic rings. The number of hydrogen-bond acceptors (Lipinski definition) is 2. The molecular weight excluding hydrogens is 172 g/mol. The van der Waals surface area contributed by atoms with Gasteiger partial charge in [0.1, 0.15) is 0 Å². The number of likely N-dealkylation sites (N-methyl/N-ethyl adjacent to an activating group) is 1. The Balaban J connectivity index is 1.88. The highest BCUT2D eigenvalue weighted by atomic mass is 15.1. The minimum absolute atomic E-state index is 0.431. The van der Waals surface area contributed by atoms with E-state index in [4.69, 9.17) is 5.73 Å². The number of hydrogen-bond donors (Lipinski definition) is 1. The van der Waals surface area contributed by atoms with E-state index >= 15 is 0 Å². The summed E-state index contributed by atoms with van der Waals surface area (Å²) in [6, 6.07) is 0.431. The topological polar surface area (TPSA) is 29.3 Å². The van der Waals surface area contributed by atoms with Crippen LogP contribution in [0.25, 0.3) is 0 Å². The summed E-state index contributed by atoms with van der Waals surface area (Å²) in [5.74, 6) is 1.88. The van der Waals surface area contributed by atoms with E-state index in [1.54, 1.807) is 0 Å². The lowest BCUT2D eigenvalue weighted by atomic mass is 9.76. The van der Waals surface area contributed by atoms with Gasteiger partial charge in [0, 0.05) is 19.1 Å². The molecule has 0 radical (unpaired) electrons. The fourth-order valence-electron chi connectivity index (χ4n) is 3.36. The van der Waals surface area contributed by atoms with Crippen molar-refractivity contribution in [2.45, 2.75) is 44.6 Å². The number of rotatable bonds is 1. The molecule has 14 heavy (non-hydrogen) atoms. The van der Waals surface area contributed by atoms with Crippen molar-refractivity contribution in [3.63, 3.8) is 0 Å². The first-order chi connectivity index (χ1) is 6.75. The molecule has 0 aromatic carbocycles. The van der Waals surface area contributed by atoms with Crippen molar-refractivity contribution in [2.75, 3.05) is 20.1 Å². The second-order valence-electron chi connectivity index (χ2n) is 5.38. The summed E-state index contributed by atoms with van der Waals surface area (Å²) in [6.45, 7) is 2.39. The number of nitrogens with two attached hydrogens (primary N) is 1. The third-order valence-electron chi connectivity index (χ3n) is 4.01. The molecule has 0 aromatic heterocycles. The minimum atomic E-state index is 0.431. The van der Waals surface area contributed by atoms with Gasteiger partial charge in [-0.15, -0.1) is 0 Å². The fourth-order valence-corrected chi connectivity index (χ4v) is 3.36. The zero-order chi connectivity index (χ0) is 9.97. The molecule has 1 aliphatic carbocycles. The summed E-state index contributed by atoms with van der Waals surface area (Å²) in [7, 11) is 2.22. The van der Waals surface area contributed by atoms with Crippen LogP contribution in [0.4, 0.5) is 0 Å². The molecule has 2 N–H and O–H groups in total. The summed E-state index contributed by atoms with van der Waals surface area (Å²) in [5, 5.41) is 0. The molecule has 2 heteroatoms. The summed E-state index contributed by atoms with van der Waals surface area (Å²) < 4.78 is 0. The molecule has 2 atom stereocenters. The van der Waals surface area contributed by atoms with E-state index in [0.29, 0.717) is 6.04 Å². The van der Waals surface area contributed by atoms with E-state index < -0.39 is 0 Å². The highest BCUT2D eigenvalue weighted by Gasteiger charge is 2.29. The fraction of sp³-hybridized carbons (Fsp3) is 1.00. The normalized spacial score (nSPS) is 37.3. The molecule has 0 aromatic rings. The molecule has 2 unspecified atom stereocenters. The predicted molar refractivity (Wildman–Crippen MR) is 60.2 cm³/mol. The van der Waals surface area contributed by atoms with Gasteiger partial charge in [-0.05, 0) is 25.3 Å². The highest BCUT2D eigenvalue weighted by Crippen LogP contribution is 2.34. The van der Waals surface area contributed by atoms with Crippen molar-refractivity contribution < 1.29 is 0 Å². The second kappa shape index (κ2) is 4.63. The molecule has 2 nitrogen and oxygen atoms in total. The van der Waals surface area contributed by atoms with E-state index in [1.807, 2.05) is 0 Å². The Kier molecular flexibility index (Phi) is 3.45. The smallest absolute Gasteiger partial charge is 0.0170 e. The van der Waals surface area contributed by atoms with Crippen LogP contribution in [0.1, 0.15) is 38.5 Å². The first-order valence-electron chi connectivity index (χ1n) is 6.20. The van der Waals surface area contributed by atoms with Crippen molar-refractivity contribution in [2.24, 2.45) is 17.6 Å². The maximum absolute atomic E-state index is 6.08. The van der Waals surface area contributed by atoms with Gasteiger partial charge in [-0.25, -0.2) is 0 Å². The van der Waals surface area contributed by atoms with Gasteiger partial charge in [-0.2, -0.15) is 0 Å². The minimum Gasteiger partial charge on any atom is -0.327 e. The van der Waals surface area contributed by atoms with Crippen LogP contribution in [-0.4, -0.2) is 31.1 Å². The molecule has 1 saturated carbocycles. The number of piperidine rings is 1. The first kappa shape index (κ1) is 10.4. The number of nitrogens with zero attached hydrogens (tertiary/aromatic N) is 1. The third-order valence-corrected chi connectivity index (χ3v) is 4.01. The average molecular weight is 196 g/mol. The van der Waals surface area contributed by atoms with Crippen molar-refractivity contribution in [3.05, 3.63) is 0 Å². The van der Waals surface area contributed by atoms with E-state index in [1.165, 1.54) is 45.1 Å². The zero-order valence-corrected chi connectivity index (χ0v) is 9.41. The monoisotopic (exact) mass is 196 g/mol. The van der Waals surface area contributed by atoms with Crippen molar-refractivity contribution >= 4 is 0 Å². The highest BCUT2D eigenvalue weighted by molar-refractivity contribution is 4.84. The summed E-state index contributed by atoms with van der Waals surface area (Å²) in [5.41, 5.74) is 6.08. The van der Waals surface area contributed by atoms with Crippen LogP contribution >= 0.6 is 0 Å². The Morgan fingerprint density at radius 1 is 1.00 bits per heavy atom. The van der Waals surface area contributed by atoms with Gasteiger partial charge in [-0.3, -0.25) is 0 Å². The lowest BCUT2D eigenvalue weighted by Crippen LogP contribution is -2.47. The predicted octanol–water partition coefficient (Wildman–Crippen LogP) is 1.85. The maximum atomic E-state index is 6.08. The lowest BCUT2D eigenvalue weighted by Gasteiger charge is -2.39. The van der Waals surface area contributed by atoms with Gasteiger partial charge in [0.2, 0.25) is 0 Å². The maximum Gasteiger partial charge on any atom is 0.0170 e. The third kappa shape index (κ3) is 2.48. The quantitative estimate of drug-likeness (QED) is 0.693. The van der Waals surface area contributed by atoms with Crippen LogP contribution in [0.2, 0.25) is 0 Å². The van der Waals surface area contributed by atoms with Crippen LogP contribution in [0.3, 0.4) is 0 Å². The molecule has 0 spiro atoms. The Bertz CT molecular complexity index is 165. The van der Waals surface area contributed by atoms with Gasteiger partial charge < -0.3 is 10.6 Å². The van der Waals surface area contributed by atoms with E-state index in [0.717, 1.165) is 18.4 Å². The molecule has 1 heterocycles. The largest absolute Gasteiger partial charge is 0.327 e. The second-order valence-corrected chi connectivity index (χ2v) is 5.38. The van der Waals surface area contributed by atoms with Gasteiger partial charge in [0.05, 0.1) is 0 Å². The van der Waals surface area contributed by atoms with Crippen molar-refractivity contribution in [1.82, 2.24) is 4.90 Å². The van der Waals surface area contributed by atoms with Crippen LogP contribution < -0.4 is 5.73 Å². The van der Waals surface area contributed by atoms with E-state index in [-0.39, 0.29) is 0 Å². The van der Waals surface area contributed by atoms with Gasteiger partial charge in [-0.1, -0.05) is 32.1 Å². The average Bonchev–Trinajstić information content (AvgIpc) is 2.18. The van der Waals surface area contributed by atoms with Crippen LogP contribution in [0.5, 0.6) is 0 Å². The first-order valence-corrected chi connectivity index (χ1v) is 6.20. The lowest BCUT2D eigenvalue weighted by molar-refractivity contribution is 0.120. The standard InChI is InChI=1S/C12H24N2/c1-14-8-11(7-12(13)9-14)10-5-3-2-4-6-10/h10-12H,2-9,13H2,1H3. The molecule has 1 saturated heterocycles. The summed E-state index contributed by atoms with van der Waals surface area (Å²) in [4.78, 5) is 2.42. The van der Waals surface area contributed by atoms with Gasteiger partial charge in [0.25, 0.3) is 0 Å². The molecule has 0 bridgehead atoms. The van der Waals surface area contributed by atoms with Crippen LogP contribution in [0, 0.1) is 11.8 Å². The molecule has 1 aliphatic heterocycles. The Hall–Kier alpha value is -0.0800. The summed E-state index contributed by atoms with van der Waals surface area (Å²) >= 11 is 0. The Morgan fingerprint density at radius 2 is 1.71 bits per heavy atom. The molecule has 82 valence electrons.